The largest absolute Gasteiger partial charge is 1.00 e. The minimum absolute atomic E-state index is 0. The zero-order chi connectivity index (χ0) is 51.7. The maximum Gasteiger partial charge on any atom is 1.00 e. The van der Waals surface area contributed by atoms with Gasteiger partial charge in [0.1, 0.15) is 22.8 Å². The maximum absolute atomic E-state index is 12.0. The molecule has 11 N–H and O–H groups in total. The van der Waals surface area contributed by atoms with E-state index in [4.69, 9.17) is 33.3 Å². The van der Waals surface area contributed by atoms with Crippen LogP contribution in [-0.2, 0) is 9.59 Å². The van der Waals surface area contributed by atoms with Crippen LogP contribution in [0.4, 0.5) is 51.1 Å². The average molecular weight is 1030 g/mol. The number of benzene rings is 2. The van der Waals surface area contributed by atoms with Gasteiger partial charge in [0.05, 0.1) is 0 Å². The van der Waals surface area contributed by atoms with E-state index in [1.54, 1.807) is 13.8 Å². The molecule has 384 valence electrons. The van der Waals surface area contributed by atoms with Crippen LogP contribution in [0.15, 0.2) is 60.9 Å². The fourth-order valence-corrected chi connectivity index (χ4v) is 9.00. The van der Waals surface area contributed by atoms with Crippen molar-refractivity contribution in [3.8, 4) is 6.26 Å². The summed E-state index contributed by atoms with van der Waals surface area (Å²) in [5.41, 5.74) is 26.6. The Balaban J connectivity index is 0.000000254. The number of piperidine rings is 2. The van der Waals surface area contributed by atoms with E-state index in [1.165, 1.54) is 12.4 Å². The smallest absolute Gasteiger partial charge is 0.812 e. The Morgan fingerprint density at radius 1 is 0.603 bits per heavy atom. The molecule has 4 aliphatic heterocycles. The van der Waals surface area contributed by atoms with Gasteiger partial charge in [-0.05, 0) is 92.6 Å². The van der Waals surface area contributed by atoms with E-state index in [0.717, 1.165) is 114 Å². The fraction of sp³-hybridized carbons (Fsp3) is 0.458. The number of hydrogen-bond acceptors (Lipinski definition) is 18. The van der Waals surface area contributed by atoms with Crippen LogP contribution >= 0.6 is 0 Å². The summed E-state index contributed by atoms with van der Waals surface area (Å²) >= 11 is 0. The molecule has 4 aromatic rings. The van der Waals surface area contributed by atoms with E-state index in [-0.39, 0.29) is 68.8 Å². The van der Waals surface area contributed by atoms with Gasteiger partial charge in [-0.3, -0.25) is 19.2 Å². The van der Waals surface area contributed by atoms with E-state index in [9.17, 15) is 24.0 Å². The van der Waals surface area contributed by atoms with Gasteiger partial charge in [0.15, 0.2) is 0 Å². The van der Waals surface area contributed by atoms with Crippen LogP contribution in [0.5, 0.6) is 0 Å². The van der Waals surface area contributed by atoms with Crippen molar-refractivity contribution in [3.63, 3.8) is 0 Å². The first-order valence-corrected chi connectivity index (χ1v) is 24.0. The predicted molar refractivity (Wildman–Crippen MR) is 272 cm³/mol. The van der Waals surface area contributed by atoms with E-state index in [1.807, 2.05) is 63.2 Å². The number of hydrogen-bond donors (Lipinski definition) is 7. The molecule has 6 amide bonds. The van der Waals surface area contributed by atoms with Crippen LogP contribution in [0.2, 0.25) is 0 Å². The second kappa shape index (κ2) is 28.0. The van der Waals surface area contributed by atoms with Gasteiger partial charge < -0.3 is 73.4 Å². The van der Waals surface area contributed by atoms with Crippen LogP contribution in [0.3, 0.4) is 0 Å². The third kappa shape index (κ3) is 16.5. The van der Waals surface area contributed by atoms with Gasteiger partial charge in [-0.15, -0.1) is 0 Å². The number of nitrogens with zero attached hydrogens (tertiary/aromatic N) is 11. The Kier molecular flexibility index (Phi) is 22.0. The molecule has 4 saturated heterocycles. The van der Waals surface area contributed by atoms with Gasteiger partial charge in [-0.1, -0.05) is 0 Å². The van der Waals surface area contributed by atoms with Crippen molar-refractivity contribution in [2.24, 2.45) is 34.8 Å². The van der Waals surface area contributed by atoms with Crippen LogP contribution in [0.1, 0.15) is 60.2 Å². The second-order valence-corrected chi connectivity index (χ2v) is 17.9. The number of urea groups is 1. The molecule has 0 atom stereocenters. The normalized spacial score (nSPS) is 16.0. The summed E-state index contributed by atoms with van der Waals surface area (Å²) in [4.78, 5) is 88.2. The number of carbonyl (C=O) groups excluding carboxylic acids is 5. The summed E-state index contributed by atoms with van der Waals surface area (Å²) in [5.74, 6) is 1.79. The predicted octanol–water partition coefficient (Wildman–Crippen LogP) is -2.13. The van der Waals surface area contributed by atoms with Crippen molar-refractivity contribution in [1.82, 2.24) is 35.1 Å². The number of nitrogens with two attached hydrogens (primary N) is 4. The third-order valence-corrected chi connectivity index (χ3v) is 13.2. The molecule has 0 aliphatic carbocycles. The molecule has 4 fully saturated rings. The number of anilines is 8. The van der Waals surface area contributed by atoms with Crippen molar-refractivity contribution in [2.45, 2.75) is 39.5 Å². The van der Waals surface area contributed by atoms with Crippen molar-refractivity contribution in [1.29, 1.82) is 5.26 Å². The Bertz CT molecular complexity index is 2520. The number of nitrogens with one attached hydrogen (secondary N) is 3. The Hall–Kier alpha value is -6.56. The monoisotopic (exact) mass is 1030 g/mol. The van der Waals surface area contributed by atoms with Crippen LogP contribution < -0.4 is 115 Å². The molecule has 0 saturated carbocycles. The van der Waals surface area contributed by atoms with E-state index >= 15 is 0 Å². The quantitative estimate of drug-likeness (QED) is 0.0555. The van der Waals surface area contributed by atoms with E-state index < -0.39 is 17.8 Å². The van der Waals surface area contributed by atoms with Gasteiger partial charge in [0, 0.05) is 140 Å². The van der Waals surface area contributed by atoms with Crippen LogP contribution in [0, 0.1) is 23.4 Å². The minimum atomic E-state index is -0.580. The Morgan fingerprint density at radius 2 is 0.959 bits per heavy atom. The van der Waals surface area contributed by atoms with Crippen LogP contribution in [-0.4, -0.2) is 151 Å². The molecule has 2 aromatic heterocycles. The van der Waals surface area contributed by atoms with Crippen molar-refractivity contribution < 1.29 is 80.5 Å². The summed E-state index contributed by atoms with van der Waals surface area (Å²) in [5, 5.41) is 24.1. The first-order valence-electron chi connectivity index (χ1n) is 24.0. The minimum Gasteiger partial charge on any atom is -0.812 e. The van der Waals surface area contributed by atoms with Gasteiger partial charge in [-0.2, -0.15) is 9.97 Å². The average Bonchev–Trinajstić information content (AvgIpc) is 3.39. The summed E-state index contributed by atoms with van der Waals surface area (Å²) in [6.45, 7) is 13.5. The standard InChI is InChI=1S/C24H33N9O3.C23H32N8O2.CHNO.K/c1-16(34)31-10-12-32(13-11-31)19-4-2-18(3-5-19)29-24-28-15-20(21(25)35)22(30-24)33-8-6-17(7-9-33)14-27-23(26)36;1-16(32)29-10-12-30(13-11-29)19-4-2-18(3-5-19)27-23-26-15-20(21(25)33)22(28-23)31-8-6-17(14-24)7-9-31;2-1-3;/h2-5,15,17H,6-14H2,1H3,(H2,25,35)(H3,26,27,36)(H,28,29,30);2-5,15,17H,6-14,24H2,1H3,(H2,25,33)(H,26,27,28);3H;/q;;;+1/p-1. The van der Waals surface area contributed by atoms with Gasteiger partial charge in [0.2, 0.25) is 23.7 Å². The number of rotatable bonds is 13. The molecule has 2 aromatic carbocycles. The van der Waals surface area contributed by atoms with Gasteiger partial charge in [-0.25, -0.2) is 20.0 Å². The molecule has 4 aliphatic rings. The first-order chi connectivity index (χ1) is 34.6. The topological polar surface area (TPSA) is 343 Å². The first kappa shape index (κ1) is 57.3. The number of amides is 6. The second-order valence-electron chi connectivity index (χ2n) is 17.9. The molecule has 0 unspecified atom stereocenters. The summed E-state index contributed by atoms with van der Waals surface area (Å²) in [6, 6.07) is 15.5. The maximum atomic E-state index is 12.0. The molecule has 73 heavy (non-hydrogen) atoms. The van der Waals surface area contributed by atoms with Crippen molar-refractivity contribution >= 4 is 75.9 Å². The molecule has 8 rings (SSSR count). The summed E-state index contributed by atoms with van der Waals surface area (Å²) in [7, 11) is 0. The number of nitriles is 1. The fourth-order valence-electron chi connectivity index (χ4n) is 9.00. The number of carbonyl (C=O) groups is 5. The molecule has 25 heteroatoms. The van der Waals surface area contributed by atoms with Crippen LogP contribution in [0.25, 0.3) is 0 Å². The Morgan fingerprint density at radius 3 is 1.27 bits per heavy atom. The SMILES string of the molecule is CC(=O)N1CCN(c2ccc(Nc3ncc(C(N)=O)c(N4CCC(CN)CC4)n3)cc2)CC1.CC(=O)N1CCN(c2ccc(Nc3ncc(C(N)=O)c(N4CCC(CNC(N)=O)CC4)n3)cc2)CC1.N#C[O-].[K+]. The molecular formula is C48H65KN18O6. The zero-order valence-corrected chi connectivity index (χ0v) is 45.0. The summed E-state index contributed by atoms with van der Waals surface area (Å²) in [6.07, 6.45) is 7.02. The number of piperazine rings is 2. The number of primary amides is 3. The Labute approximate surface area is 467 Å². The molecule has 0 radical (unpaired) electrons. The van der Waals surface area contributed by atoms with Crippen molar-refractivity contribution in [3.05, 3.63) is 72.1 Å². The number of aromatic nitrogens is 4. The molecule has 24 nitrogen and oxygen atoms in total. The molecule has 0 bridgehead atoms. The van der Waals surface area contributed by atoms with Crippen molar-refractivity contribution in [2.75, 3.05) is 122 Å². The van der Waals surface area contributed by atoms with Gasteiger partial charge >= 0.3 is 57.4 Å². The summed E-state index contributed by atoms with van der Waals surface area (Å²) < 4.78 is 0. The zero-order valence-electron chi connectivity index (χ0n) is 41.8. The van der Waals surface area contributed by atoms with Gasteiger partial charge in [0.25, 0.3) is 11.8 Å². The molecule has 6 heterocycles. The third-order valence-electron chi connectivity index (χ3n) is 13.2. The van der Waals surface area contributed by atoms with E-state index in [0.29, 0.717) is 73.4 Å². The molecule has 0 spiro atoms. The van der Waals surface area contributed by atoms with E-state index in [2.05, 4.69) is 50.6 Å². The molecular weight excluding hydrogens is 964 g/mol.